The lowest BCUT2D eigenvalue weighted by Crippen LogP contribution is -2.43. The third-order valence-electron chi connectivity index (χ3n) is 2.59. The van der Waals surface area contributed by atoms with E-state index in [1.807, 2.05) is 7.05 Å². The predicted octanol–water partition coefficient (Wildman–Crippen LogP) is -0.667. The summed E-state index contributed by atoms with van der Waals surface area (Å²) >= 11 is 0. The molecule has 5 nitrogen and oxygen atoms in total. The fraction of sp³-hybridized carbons (Fsp3) is 0.800. The Bertz CT molecular complexity index is 243. The van der Waals surface area contributed by atoms with Gasteiger partial charge in [-0.3, -0.25) is 9.59 Å². The SMILES string of the molecule is CNCCCN(C)C(=O)[C@H]1CCC(=O)N1. The van der Waals surface area contributed by atoms with Gasteiger partial charge >= 0.3 is 0 Å². The highest BCUT2D eigenvalue weighted by Gasteiger charge is 2.28. The van der Waals surface area contributed by atoms with Crippen molar-refractivity contribution in [3.05, 3.63) is 0 Å². The first-order chi connectivity index (χ1) is 7.15. The highest BCUT2D eigenvalue weighted by Crippen LogP contribution is 2.08. The van der Waals surface area contributed by atoms with Crippen molar-refractivity contribution in [1.29, 1.82) is 0 Å². The van der Waals surface area contributed by atoms with Gasteiger partial charge in [-0.1, -0.05) is 0 Å². The first kappa shape index (κ1) is 12.0. The van der Waals surface area contributed by atoms with Crippen LogP contribution in [0.3, 0.4) is 0 Å². The van der Waals surface area contributed by atoms with Crippen LogP contribution in [0.15, 0.2) is 0 Å². The average molecular weight is 213 g/mol. The fourth-order valence-electron chi connectivity index (χ4n) is 1.67. The summed E-state index contributed by atoms with van der Waals surface area (Å²) in [5.41, 5.74) is 0. The molecule has 15 heavy (non-hydrogen) atoms. The molecule has 0 radical (unpaired) electrons. The number of carbonyl (C=O) groups is 2. The van der Waals surface area contributed by atoms with Crippen LogP contribution in [0.2, 0.25) is 0 Å². The van der Waals surface area contributed by atoms with Crippen molar-refractivity contribution in [2.24, 2.45) is 0 Å². The van der Waals surface area contributed by atoms with Gasteiger partial charge in [0.25, 0.3) is 0 Å². The highest BCUT2D eigenvalue weighted by molar-refractivity contribution is 5.90. The average Bonchev–Trinajstić information content (AvgIpc) is 2.64. The van der Waals surface area contributed by atoms with Crippen LogP contribution in [0.5, 0.6) is 0 Å². The summed E-state index contributed by atoms with van der Waals surface area (Å²) in [6.45, 7) is 1.63. The van der Waals surface area contributed by atoms with E-state index < -0.39 is 0 Å². The largest absolute Gasteiger partial charge is 0.344 e. The number of rotatable bonds is 5. The van der Waals surface area contributed by atoms with Crippen LogP contribution in [-0.2, 0) is 9.59 Å². The van der Waals surface area contributed by atoms with Crippen molar-refractivity contribution in [3.8, 4) is 0 Å². The second-order valence-electron chi connectivity index (χ2n) is 3.88. The van der Waals surface area contributed by atoms with E-state index in [0.29, 0.717) is 12.8 Å². The van der Waals surface area contributed by atoms with Crippen molar-refractivity contribution in [2.75, 3.05) is 27.2 Å². The molecule has 0 bridgehead atoms. The number of hydrogen-bond acceptors (Lipinski definition) is 3. The van der Waals surface area contributed by atoms with Crippen LogP contribution in [-0.4, -0.2) is 49.9 Å². The van der Waals surface area contributed by atoms with Gasteiger partial charge in [-0.25, -0.2) is 0 Å². The Labute approximate surface area is 90.2 Å². The van der Waals surface area contributed by atoms with Crippen LogP contribution >= 0.6 is 0 Å². The Morgan fingerprint density at radius 3 is 2.93 bits per heavy atom. The maximum absolute atomic E-state index is 11.8. The lowest BCUT2D eigenvalue weighted by molar-refractivity contribution is -0.133. The van der Waals surface area contributed by atoms with Crippen molar-refractivity contribution >= 4 is 11.8 Å². The van der Waals surface area contributed by atoms with Gasteiger partial charge in [-0.05, 0) is 26.4 Å². The molecular formula is C10H19N3O2. The molecule has 1 fully saturated rings. The number of carbonyl (C=O) groups excluding carboxylic acids is 2. The van der Waals surface area contributed by atoms with Crippen molar-refractivity contribution in [1.82, 2.24) is 15.5 Å². The summed E-state index contributed by atoms with van der Waals surface area (Å²) < 4.78 is 0. The van der Waals surface area contributed by atoms with Crippen LogP contribution in [0.25, 0.3) is 0 Å². The van der Waals surface area contributed by atoms with Crippen molar-refractivity contribution < 1.29 is 9.59 Å². The van der Waals surface area contributed by atoms with Gasteiger partial charge < -0.3 is 15.5 Å². The minimum Gasteiger partial charge on any atom is -0.344 e. The molecule has 0 unspecified atom stereocenters. The van der Waals surface area contributed by atoms with E-state index in [-0.39, 0.29) is 17.9 Å². The zero-order valence-electron chi connectivity index (χ0n) is 9.38. The molecule has 0 aromatic carbocycles. The predicted molar refractivity (Wildman–Crippen MR) is 57.3 cm³/mol. The minimum absolute atomic E-state index is 0.0167. The van der Waals surface area contributed by atoms with Crippen LogP contribution in [0, 0.1) is 0 Å². The molecule has 0 spiro atoms. The summed E-state index contributed by atoms with van der Waals surface area (Å²) in [6.07, 6.45) is 2.04. The topological polar surface area (TPSA) is 61.4 Å². The Balaban J connectivity index is 2.29. The first-order valence-corrected chi connectivity index (χ1v) is 5.34. The van der Waals surface area contributed by atoms with Gasteiger partial charge in [0.05, 0.1) is 0 Å². The molecule has 1 aliphatic rings. The molecule has 0 aliphatic carbocycles. The van der Waals surface area contributed by atoms with Gasteiger partial charge in [0.1, 0.15) is 6.04 Å². The summed E-state index contributed by atoms with van der Waals surface area (Å²) in [7, 11) is 3.67. The van der Waals surface area contributed by atoms with E-state index in [2.05, 4.69) is 10.6 Å². The minimum atomic E-state index is -0.294. The lowest BCUT2D eigenvalue weighted by Gasteiger charge is -2.20. The normalized spacial score (nSPS) is 20.1. The van der Waals surface area contributed by atoms with E-state index in [9.17, 15) is 9.59 Å². The van der Waals surface area contributed by atoms with Crippen LogP contribution in [0.4, 0.5) is 0 Å². The molecule has 2 amide bonds. The summed E-state index contributed by atoms with van der Waals surface area (Å²) in [6, 6.07) is -0.294. The van der Waals surface area contributed by atoms with Gasteiger partial charge in [-0.15, -0.1) is 0 Å². The quantitative estimate of drug-likeness (QED) is 0.596. The second kappa shape index (κ2) is 5.70. The maximum Gasteiger partial charge on any atom is 0.244 e. The van der Waals surface area contributed by atoms with E-state index >= 15 is 0 Å². The summed E-state index contributed by atoms with van der Waals surface area (Å²) in [5.74, 6) is 0.00827. The summed E-state index contributed by atoms with van der Waals surface area (Å²) in [4.78, 5) is 24.4. The van der Waals surface area contributed by atoms with Crippen molar-refractivity contribution in [3.63, 3.8) is 0 Å². The third kappa shape index (κ3) is 3.51. The Kier molecular flexibility index (Phi) is 4.55. The Morgan fingerprint density at radius 2 is 2.40 bits per heavy atom. The van der Waals surface area contributed by atoms with Gasteiger partial charge in [0.2, 0.25) is 11.8 Å². The van der Waals surface area contributed by atoms with Crippen molar-refractivity contribution in [2.45, 2.75) is 25.3 Å². The van der Waals surface area contributed by atoms with E-state index in [1.54, 1.807) is 11.9 Å². The molecule has 86 valence electrons. The molecule has 1 heterocycles. The Morgan fingerprint density at radius 1 is 1.67 bits per heavy atom. The van der Waals surface area contributed by atoms with Crippen LogP contribution < -0.4 is 10.6 Å². The monoisotopic (exact) mass is 213 g/mol. The molecule has 0 aromatic rings. The molecule has 2 N–H and O–H groups in total. The molecule has 1 saturated heterocycles. The third-order valence-corrected chi connectivity index (χ3v) is 2.59. The van der Waals surface area contributed by atoms with Crippen LogP contribution in [0.1, 0.15) is 19.3 Å². The number of hydrogen-bond donors (Lipinski definition) is 2. The fourth-order valence-corrected chi connectivity index (χ4v) is 1.67. The molecule has 1 rings (SSSR count). The number of nitrogens with zero attached hydrogens (tertiary/aromatic N) is 1. The van der Waals surface area contributed by atoms with E-state index in [4.69, 9.17) is 0 Å². The number of amides is 2. The highest BCUT2D eigenvalue weighted by atomic mass is 16.2. The molecule has 0 saturated carbocycles. The molecular weight excluding hydrogens is 194 g/mol. The van der Waals surface area contributed by atoms with Gasteiger partial charge in [0, 0.05) is 20.0 Å². The smallest absolute Gasteiger partial charge is 0.244 e. The molecule has 1 atom stereocenters. The standard InChI is InChI=1S/C10H19N3O2/c1-11-6-3-7-13(2)10(15)8-4-5-9(14)12-8/h8,11H,3-7H2,1-2H3,(H,12,14)/t8-/m1/s1. The Hall–Kier alpha value is -1.10. The summed E-state index contributed by atoms with van der Waals surface area (Å²) in [5, 5.41) is 5.71. The van der Waals surface area contributed by atoms with Gasteiger partial charge in [-0.2, -0.15) is 0 Å². The molecule has 5 heteroatoms. The number of nitrogens with one attached hydrogen (secondary N) is 2. The van der Waals surface area contributed by atoms with E-state index in [1.165, 1.54) is 0 Å². The number of likely N-dealkylation sites (N-methyl/N-ethyl adjacent to an activating group) is 1. The first-order valence-electron chi connectivity index (χ1n) is 5.34. The zero-order chi connectivity index (χ0) is 11.3. The van der Waals surface area contributed by atoms with E-state index in [0.717, 1.165) is 19.5 Å². The van der Waals surface area contributed by atoms with Gasteiger partial charge in [0.15, 0.2) is 0 Å². The molecule has 1 aliphatic heterocycles. The second-order valence-corrected chi connectivity index (χ2v) is 3.88. The lowest BCUT2D eigenvalue weighted by atomic mass is 10.2. The maximum atomic E-state index is 11.8. The zero-order valence-corrected chi connectivity index (χ0v) is 9.38. The molecule has 0 aromatic heterocycles.